The van der Waals surface area contributed by atoms with E-state index in [1.165, 1.54) is 19.3 Å². The van der Waals surface area contributed by atoms with Crippen LogP contribution in [0.5, 0.6) is 0 Å². The second kappa shape index (κ2) is 5.90. The van der Waals surface area contributed by atoms with Crippen LogP contribution < -0.4 is 0 Å². The van der Waals surface area contributed by atoms with Crippen molar-refractivity contribution in [1.29, 1.82) is 0 Å². The minimum Gasteiger partial charge on any atom is -0.332 e. The van der Waals surface area contributed by atoms with Gasteiger partial charge in [0.15, 0.2) is 5.03 Å². The third kappa shape index (κ3) is 3.27. The second-order valence-corrected chi connectivity index (χ2v) is 6.56. The van der Waals surface area contributed by atoms with Crippen LogP contribution in [0.2, 0.25) is 0 Å². The summed E-state index contributed by atoms with van der Waals surface area (Å²) in [5.74, 6) is -0.936. The summed E-state index contributed by atoms with van der Waals surface area (Å²) in [6, 6.07) is 3.03. The van der Waals surface area contributed by atoms with E-state index in [4.69, 9.17) is 0 Å². The Balaban J connectivity index is 2.24. The molecule has 0 aliphatic rings. The van der Waals surface area contributed by atoms with Crippen LogP contribution >= 0.6 is 0 Å². The van der Waals surface area contributed by atoms with Crippen molar-refractivity contribution in [3.05, 3.63) is 47.4 Å². The molecule has 8 heteroatoms. The zero-order chi connectivity index (χ0) is 15.6. The first-order valence-corrected chi connectivity index (χ1v) is 7.72. The number of sulfonamides is 1. The molecule has 1 N–H and O–H groups in total. The molecule has 1 aromatic heterocycles. The number of aromatic amines is 1. The van der Waals surface area contributed by atoms with Gasteiger partial charge in [-0.15, -0.1) is 0 Å². The van der Waals surface area contributed by atoms with Crippen LogP contribution in [0.15, 0.2) is 29.4 Å². The first-order chi connectivity index (χ1) is 9.84. The molecule has 1 heterocycles. The molecule has 0 atom stereocenters. The first-order valence-electron chi connectivity index (χ1n) is 6.28. The number of benzene rings is 1. The highest BCUT2D eigenvalue weighted by atomic mass is 32.2. The summed E-state index contributed by atoms with van der Waals surface area (Å²) in [7, 11) is -2.47. The van der Waals surface area contributed by atoms with Gasteiger partial charge in [-0.1, -0.05) is 13.0 Å². The molecule has 2 aromatic rings. The van der Waals surface area contributed by atoms with Crippen molar-refractivity contribution in [2.45, 2.75) is 24.9 Å². The number of nitrogens with zero attached hydrogens (tertiary/aromatic N) is 2. The topological polar surface area (TPSA) is 66.1 Å². The largest absolute Gasteiger partial charge is 0.332 e. The fraction of sp³-hybridized carbons (Fsp3) is 0.308. The number of rotatable bonds is 5. The predicted molar refractivity (Wildman–Crippen MR) is 73.0 cm³/mol. The fourth-order valence-corrected chi connectivity index (χ4v) is 2.87. The van der Waals surface area contributed by atoms with E-state index in [1.807, 2.05) is 6.92 Å². The molecule has 2 rings (SSSR count). The number of hydrogen-bond acceptors (Lipinski definition) is 3. The van der Waals surface area contributed by atoms with E-state index in [0.717, 1.165) is 16.4 Å². The van der Waals surface area contributed by atoms with Crippen molar-refractivity contribution in [3.8, 4) is 0 Å². The van der Waals surface area contributed by atoms with Crippen LogP contribution in [0.25, 0.3) is 0 Å². The minimum absolute atomic E-state index is 0.0515. The zero-order valence-corrected chi connectivity index (χ0v) is 12.4. The summed E-state index contributed by atoms with van der Waals surface area (Å²) in [5, 5.41) is -0.0515. The molecule has 5 nitrogen and oxygen atoms in total. The van der Waals surface area contributed by atoms with Crippen molar-refractivity contribution in [2.75, 3.05) is 7.05 Å². The Hall–Kier alpha value is -1.80. The molecule has 114 valence electrons. The number of aryl methyl sites for hydroxylation is 1. The summed E-state index contributed by atoms with van der Waals surface area (Å²) >= 11 is 0. The number of aromatic nitrogens is 2. The number of halogens is 2. The molecule has 0 amide bonds. The molecule has 0 saturated heterocycles. The summed E-state index contributed by atoms with van der Waals surface area (Å²) < 4.78 is 52.0. The van der Waals surface area contributed by atoms with Gasteiger partial charge >= 0.3 is 0 Å². The maximum atomic E-state index is 13.6. The van der Waals surface area contributed by atoms with Crippen LogP contribution in [0, 0.1) is 11.6 Å². The van der Waals surface area contributed by atoms with Gasteiger partial charge in [0.05, 0.1) is 6.20 Å². The van der Waals surface area contributed by atoms with E-state index in [-0.39, 0.29) is 17.1 Å². The van der Waals surface area contributed by atoms with E-state index in [0.29, 0.717) is 12.2 Å². The summed E-state index contributed by atoms with van der Waals surface area (Å²) in [6.45, 7) is 1.64. The van der Waals surface area contributed by atoms with Gasteiger partial charge in [-0.2, -0.15) is 4.31 Å². The number of nitrogens with one attached hydrogen (secondary N) is 1. The summed E-state index contributed by atoms with van der Waals surface area (Å²) in [5.41, 5.74) is 0.0951. The summed E-state index contributed by atoms with van der Waals surface area (Å²) in [4.78, 5) is 6.63. The van der Waals surface area contributed by atoms with Crippen molar-refractivity contribution < 1.29 is 17.2 Å². The Kier molecular flexibility index (Phi) is 4.38. The standard InChI is InChI=1S/C13H15F2N3O2S/c1-3-12-16-7-13(17-12)21(19,20)18(2)8-9-4-5-10(14)6-11(9)15/h4-7H,3,8H2,1-2H3,(H,16,17). The van der Waals surface area contributed by atoms with Crippen molar-refractivity contribution in [1.82, 2.24) is 14.3 Å². The highest BCUT2D eigenvalue weighted by molar-refractivity contribution is 7.89. The molecule has 0 fully saturated rings. The molecule has 1 aromatic carbocycles. The molecule has 21 heavy (non-hydrogen) atoms. The lowest BCUT2D eigenvalue weighted by molar-refractivity contribution is 0.452. The normalized spacial score (nSPS) is 12.0. The predicted octanol–water partition coefficient (Wildman–Crippen LogP) is 2.07. The third-order valence-electron chi connectivity index (χ3n) is 3.04. The quantitative estimate of drug-likeness (QED) is 0.918. The maximum absolute atomic E-state index is 13.6. The molecular formula is C13H15F2N3O2S. The Morgan fingerprint density at radius 3 is 2.62 bits per heavy atom. The number of imidazole rings is 1. The van der Waals surface area contributed by atoms with Crippen LogP contribution in [0.1, 0.15) is 18.3 Å². The van der Waals surface area contributed by atoms with Crippen molar-refractivity contribution in [3.63, 3.8) is 0 Å². The Bertz CT molecular complexity index is 744. The second-order valence-electron chi connectivity index (χ2n) is 4.54. The number of hydrogen-bond donors (Lipinski definition) is 1. The molecule has 0 bridgehead atoms. The zero-order valence-electron chi connectivity index (χ0n) is 11.6. The van der Waals surface area contributed by atoms with Gasteiger partial charge in [0, 0.05) is 31.6 Å². The van der Waals surface area contributed by atoms with Crippen LogP contribution in [0.4, 0.5) is 8.78 Å². The van der Waals surface area contributed by atoms with Gasteiger partial charge in [0.25, 0.3) is 10.0 Å². The molecule has 0 radical (unpaired) electrons. The highest BCUT2D eigenvalue weighted by Gasteiger charge is 2.24. The van der Waals surface area contributed by atoms with E-state index >= 15 is 0 Å². The Morgan fingerprint density at radius 2 is 2.05 bits per heavy atom. The molecule has 0 saturated carbocycles. The van der Waals surface area contributed by atoms with E-state index < -0.39 is 21.7 Å². The molecular weight excluding hydrogens is 300 g/mol. The van der Waals surface area contributed by atoms with E-state index in [9.17, 15) is 17.2 Å². The van der Waals surface area contributed by atoms with Gasteiger partial charge in [-0.25, -0.2) is 22.2 Å². The smallest absolute Gasteiger partial charge is 0.260 e. The lowest BCUT2D eigenvalue weighted by atomic mass is 10.2. The van der Waals surface area contributed by atoms with Crippen LogP contribution in [-0.4, -0.2) is 29.7 Å². The lowest BCUT2D eigenvalue weighted by Gasteiger charge is -2.16. The molecule has 0 spiro atoms. The molecule has 0 unspecified atom stereocenters. The van der Waals surface area contributed by atoms with Crippen molar-refractivity contribution in [2.24, 2.45) is 0 Å². The monoisotopic (exact) mass is 315 g/mol. The Morgan fingerprint density at radius 1 is 1.33 bits per heavy atom. The van der Waals surface area contributed by atoms with E-state index in [1.54, 1.807) is 0 Å². The van der Waals surface area contributed by atoms with Crippen LogP contribution in [0.3, 0.4) is 0 Å². The maximum Gasteiger partial charge on any atom is 0.260 e. The third-order valence-corrected chi connectivity index (χ3v) is 4.75. The lowest BCUT2D eigenvalue weighted by Crippen LogP contribution is -2.27. The average Bonchev–Trinajstić information content (AvgIpc) is 2.91. The first kappa shape index (κ1) is 15.6. The molecule has 0 aliphatic heterocycles. The SMILES string of the molecule is CCc1ncc(S(=O)(=O)N(C)Cc2ccc(F)cc2F)[nH]1. The van der Waals surface area contributed by atoms with Gasteiger partial charge in [-0.3, -0.25) is 0 Å². The Labute approximate surface area is 121 Å². The average molecular weight is 315 g/mol. The highest BCUT2D eigenvalue weighted by Crippen LogP contribution is 2.17. The summed E-state index contributed by atoms with van der Waals surface area (Å²) in [6.07, 6.45) is 1.80. The molecule has 0 aliphatic carbocycles. The van der Waals surface area contributed by atoms with Crippen molar-refractivity contribution >= 4 is 10.0 Å². The van der Waals surface area contributed by atoms with Gasteiger partial charge in [0.1, 0.15) is 17.5 Å². The van der Waals surface area contributed by atoms with Gasteiger partial charge < -0.3 is 4.98 Å². The number of H-pyrrole nitrogens is 1. The fourth-order valence-electron chi connectivity index (χ4n) is 1.80. The van der Waals surface area contributed by atoms with Gasteiger partial charge in [-0.05, 0) is 6.07 Å². The van der Waals surface area contributed by atoms with Gasteiger partial charge in [0.2, 0.25) is 0 Å². The van der Waals surface area contributed by atoms with E-state index in [2.05, 4.69) is 9.97 Å². The minimum atomic E-state index is -3.80. The van der Waals surface area contributed by atoms with Crippen LogP contribution in [-0.2, 0) is 23.0 Å².